The average molecular weight is 678 g/mol. The summed E-state index contributed by atoms with van der Waals surface area (Å²) in [6.45, 7) is 12.3. The molecule has 38 heavy (non-hydrogen) atoms. The number of anilines is 5. The van der Waals surface area contributed by atoms with Crippen LogP contribution >= 0.6 is 0 Å². The quantitative estimate of drug-likeness (QED) is 0.196. The largest absolute Gasteiger partial charge is 0.506 e. The van der Waals surface area contributed by atoms with E-state index < -0.39 is 0 Å². The van der Waals surface area contributed by atoms with Crippen LogP contribution in [0, 0.1) is 12.6 Å². The molecule has 3 aromatic carbocycles. The molecule has 1 aliphatic heterocycles. The molecule has 0 amide bonds. The first-order valence-electron chi connectivity index (χ1n) is 12.1. The molecule has 190 valence electrons. The number of nitrogens with zero attached hydrogens (tertiary/aromatic N) is 5. The third kappa shape index (κ3) is 4.00. The Morgan fingerprint density at radius 2 is 1.74 bits per heavy atom. The van der Waals surface area contributed by atoms with E-state index in [1.54, 1.807) is 12.3 Å². The fourth-order valence-electron chi connectivity index (χ4n) is 5.04. The number of aromatic nitrogens is 2. The Labute approximate surface area is 236 Å². The Morgan fingerprint density at radius 3 is 2.45 bits per heavy atom. The van der Waals surface area contributed by atoms with Crippen molar-refractivity contribution in [1.82, 2.24) is 9.97 Å². The smallest absolute Gasteiger partial charge is 0.140 e. The second-order valence-corrected chi connectivity index (χ2v) is 9.37. The van der Waals surface area contributed by atoms with Crippen LogP contribution in [0.3, 0.4) is 0 Å². The van der Waals surface area contributed by atoms with Crippen LogP contribution in [0.15, 0.2) is 79.0 Å². The molecular weight excluding hydrogens is 653 g/mol. The molecule has 7 heteroatoms. The SMILES string of the molecule is [C-]#[N+]c1cc(-c2ccc3c(C(C)C)ccc(O)c3n2)[c-]c2c1N(C)c1ccccc1N2c1ccccn1.[Pt]. The molecular formula is C31H24N5OPt-. The van der Waals surface area contributed by atoms with Crippen LogP contribution in [0.25, 0.3) is 27.0 Å². The predicted octanol–water partition coefficient (Wildman–Crippen LogP) is 8.03. The average Bonchev–Trinajstić information content (AvgIpc) is 2.93. The first kappa shape index (κ1) is 25.4. The molecule has 0 unspecified atom stereocenters. The Hall–Kier alpha value is -4.20. The van der Waals surface area contributed by atoms with E-state index in [0.717, 1.165) is 39.5 Å². The molecule has 0 radical (unpaired) electrons. The van der Waals surface area contributed by atoms with Crippen LogP contribution in [0.2, 0.25) is 0 Å². The minimum Gasteiger partial charge on any atom is -0.506 e. The summed E-state index contributed by atoms with van der Waals surface area (Å²) in [4.78, 5) is 17.4. The summed E-state index contributed by atoms with van der Waals surface area (Å²) in [5.74, 6) is 1.16. The van der Waals surface area contributed by atoms with Gasteiger partial charge in [-0.2, -0.15) is 0 Å². The Bertz CT molecular complexity index is 1710. The molecule has 3 heterocycles. The molecule has 1 N–H and O–H groups in total. The van der Waals surface area contributed by atoms with Gasteiger partial charge >= 0.3 is 0 Å². The van der Waals surface area contributed by atoms with Crippen LogP contribution in [-0.2, 0) is 21.1 Å². The number of para-hydroxylation sites is 2. The van der Waals surface area contributed by atoms with Crippen LogP contribution in [0.5, 0.6) is 5.75 Å². The Balaban J connectivity index is 0.00000294. The maximum Gasteiger partial charge on any atom is 0.140 e. The van der Waals surface area contributed by atoms with Crippen LogP contribution in [0.1, 0.15) is 25.3 Å². The molecule has 6 rings (SSSR count). The third-order valence-corrected chi connectivity index (χ3v) is 6.81. The fourth-order valence-corrected chi connectivity index (χ4v) is 5.04. The molecule has 0 aliphatic carbocycles. The van der Waals surface area contributed by atoms with E-state index in [0.29, 0.717) is 28.4 Å². The fraction of sp³-hybridized carbons (Fsp3) is 0.129. The second kappa shape index (κ2) is 9.93. The summed E-state index contributed by atoms with van der Waals surface area (Å²) in [7, 11) is 1.97. The number of aromatic hydroxyl groups is 1. The van der Waals surface area contributed by atoms with Gasteiger partial charge in [0.05, 0.1) is 17.9 Å². The third-order valence-electron chi connectivity index (χ3n) is 6.81. The molecule has 0 atom stereocenters. The van der Waals surface area contributed by atoms with Gasteiger partial charge in [0.1, 0.15) is 22.8 Å². The van der Waals surface area contributed by atoms with Crippen molar-refractivity contribution in [3.05, 3.63) is 102 Å². The summed E-state index contributed by atoms with van der Waals surface area (Å²) < 4.78 is 0. The van der Waals surface area contributed by atoms with E-state index >= 15 is 0 Å². The predicted molar refractivity (Wildman–Crippen MR) is 149 cm³/mol. The monoisotopic (exact) mass is 677 g/mol. The van der Waals surface area contributed by atoms with Gasteiger partial charge in [-0.25, -0.2) is 4.98 Å². The standard InChI is InChI=1S/C31H24N5O.Pt/c1-19(2)21-13-15-28(37)30-22(21)12-14-23(34-30)20-17-24(32-3)31-27(18-20)36(29-11-7-8-16-33-29)26-10-6-5-9-25(26)35(31)4;/h5-17,19,37H,1-2,4H3;/q-1;. The van der Waals surface area contributed by atoms with Gasteiger partial charge in [-0.1, -0.05) is 50.2 Å². The van der Waals surface area contributed by atoms with Crippen molar-refractivity contribution in [3.8, 4) is 17.0 Å². The maximum absolute atomic E-state index is 10.6. The van der Waals surface area contributed by atoms with Crippen molar-refractivity contribution in [1.29, 1.82) is 0 Å². The van der Waals surface area contributed by atoms with E-state index in [4.69, 9.17) is 11.6 Å². The summed E-state index contributed by atoms with van der Waals surface area (Å²) >= 11 is 0. The molecule has 6 nitrogen and oxygen atoms in total. The van der Waals surface area contributed by atoms with Gasteiger partial charge < -0.3 is 14.9 Å². The van der Waals surface area contributed by atoms with Gasteiger partial charge in [-0.05, 0) is 58.9 Å². The summed E-state index contributed by atoms with van der Waals surface area (Å²) in [6, 6.07) is 26.8. The minimum atomic E-state index is 0. The summed E-state index contributed by atoms with van der Waals surface area (Å²) in [5.41, 5.74) is 6.88. The molecule has 5 aromatic rings. The summed E-state index contributed by atoms with van der Waals surface area (Å²) in [6.07, 6.45) is 1.76. The number of pyridine rings is 2. The summed E-state index contributed by atoms with van der Waals surface area (Å²) in [5, 5.41) is 11.6. The first-order valence-corrected chi connectivity index (χ1v) is 12.1. The molecule has 0 saturated carbocycles. The van der Waals surface area contributed by atoms with E-state index in [9.17, 15) is 5.11 Å². The van der Waals surface area contributed by atoms with Crippen molar-refractivity contribution < 1.29 is 26.2 Å². The van der Waals surface area contributed by atoms with Crippen molar-refractivity contribution in [2.75, 3.05) is 16.8 Å². The van der Waals surface area contributed by atoms with E-state index in [2.05, 4.69) is 29.7 Å². The number of phenols is 1. The molecule has 2 aromatic heterocycles. The molecule has 0 fully saturated rings. The van der Waals surface area contributed by atoms with Crippen LogP contribution in [-0.4, -0.2) is 22.1 Å². The Morgan fingerprint density at radius 1 is 0.974 bits per heavy atom. The molecule has 1 aliphatic rings. The topological polar surface area (TPSA) is 56.9 Å². The molecule has 0 spiro atoms. The van der Waals surface area contributed by atoms with E-state index in [-0.39, 0.29) is 26.8 Å². The Kier molecular flexibility index (Phi) is 6.65. The molecule has 0 bridgehead atoms. The van der Waals surface area contributed by atoms with Gasteiger partial charge in [0, 0.05) is 39.7 Å². The van der Waals surface area contributed by atoms with Crippen molar-refractivity contribution in [2.45, 2.75) is 19.8 Å². The number of hydrogen-bond acceptors (Lipinski definition) is 5. The van der Waals surface area contributed by atoms with Gasteiger partial charge in [0.25, 0.3) is 0 Å². The minimum absolute atomic E-state index is 0. The zero-order chi connectivity index (χ0) is 25.7. The zero-order valence-corrected chi connectivity index (χ0v) is 23.4. The number of benzene rings is 3. The van der Waals surface area contributed by atoms with Gasteiger partial charge in [0.2, 0.25) is 0 Å². The normalized spacial score (nSPS) is 12.1. The van der Waals surface area contributed by atoms with Gasteiger partial charge in [0.15, 0.2) is 0 Å². The van der Waals surface area contributed by atoms with Crippen molar-refractivity contribution in [3.63, 3.8) is 0 Å². The van der Waals surface area contributed by atoms with Gasteiger partial charge in [-0.15, -0.1) is 17.7 Å². The van der Waals surface area contributed by atoms with Gasteiger partial charge in [-0.3, -0.25) is 9.83 Å². The van der Waals surface area contributed by atoms with Crippen molar-refractivity contribution >= 4 is 45.2 Å². The van der Waals surface area contributed by atoms with Crippen LogP contribution < -0.4 is 9.80 Å². The number of fused-ring (bicyclic) bond motifs is 3. The maximum atomic E-state index is 10.6. The van der Waals surface area contributed by atoms with E-state index in [1.807, 2.05) is 83.6 Å². The van der Waals surface area contributed by atoms with E-state index in [1.165, 1.54) is 0 Å². The van der Waals surface area contributed by atoms with Crippen LogP contribution in [0.4, 0.5) is 34.3 Å². The molecule has 0 saturated heterocycles. The van der Waals surface area contributed by atoms with Crippen molar-refractivity contribution in [2.24, 2.45) is 0 Å². The number of hydrogen-bond donors (Lipinski definition) is 1. The number of rotatable bonds is 3. The number of phenolic OH excluding ortho intramolecular Hbond substituents is 1. The zero-order valence-electron chi connectivity index (χ0n) is 21.1. The second-order valence-electron chi connectivity index (χ2n) is 9.37. The first-order chi connectivity index (χ1) is 18.0.